The van der Waals surface area contributed by atoms with Crippen LogP contribution in [-0.4, -0.2) is 32.3 Å². The highest BCUT2D eigenvalue weighted by atomic mass is 32.2. The zero-order valence-electron chi connectivity index (χ0n) is 16.2. The van der Waals surface area contributed by atoms with Crippen molar-refractivity contribution in [2.45, 2.75) is 32.0 Å². The third kappa shape index (κ3) is 3.36. The summed E-state index contributed by atoms with van der Waals surface area (Å²) in [6, 6.07) is 20.1. The molecule has 0 aliphatic heterocycles. The van der Waals surface area contributed by atoms with Crippen LogP contribution in [0, 0.1) is 6.92 Å². The lowest BCUT2D eigenvalue weighted by Crippen LogP contribution is -2.38. The van der Waals surface area contributed by atoms with Crippen LogP contribution in [0.1, 0.15) is 19.4 Å². The molecule has 2 aromatic carbocycles. The number of carbonyl (C=O) groups excluding carboxylic acids is 1. The number of fused-ring (bicyclic) bond motifs is 3. The van der Waals surface area contributed by atoms with E-state index in [0.29, 0.717) is 5.75 Å². The van der Waals surface area contributed by atoms with Gasteiger partial charge in [0.25, 0.3) is 0 Å². The first-order chi connectivity index (χ1) is 13.6. The number of amides is 1. The van der Waals surface area contributed by atoms with Crippen molar-refractivity contribution in [1.82, 2.24) is 14.6 Å². The van der Waals surface area contributed by atoms with Crippen LogP contribution in [0.4, 0.5) is 5.69 Å². The Kier molecular flexibility index (Phi) is 5.05. The number of hydrogen-bond donors (Lipinski definition) is 0. The maximum atomic E-state index is 13.0. The molecule has 0 spiro atoms. The highest BCUT2D eigenvalue weighted by molar-refractivity contribution is 7.99. The van der Waals surface area contributed by atoms with Crippen LogP contribution < -0.4 is 4.90 Å². The zero-order valence-corrected chi connectivity index (χ0v) is 17.0. The number of carbonyl (C=O) groups is 1. The maximum Gasteiger partial charge on any atom is 0.237 e. The summed E-state index contributed by atoms with van der Waals surface area (Å²) in [5, 5.41) is 10.5. The molecular weight excluding hydrogens is 368 g/mol. The monoisotopic (exact) mass is 390 g/mol. The fourth-order valence-corrected chi connectivity index (χ4v) is 4.29. The van der Waals surface area contributed by atoms with E-state index in [1.54, 1.807) is 0 Å². The minimum absolute atomic E-state index is 0.0550. The van der Waals surface area contributed by atoms with Crippen molar-refractivity contribution >= 4 is 39.9 Å². The fraction of sp³-hybridized carbons (Fsp3) is 0.227. The number of aromatic nitrogens is 3. The van der Waals surface area contributed by atoms with E-state index in [0.717, 1.165) is 33.0 Å². The number of nitrogens with zero attached hydrogens (tertiary/aromatic N) is 4. The molecule has 28 heavy (non-hydrogen) atoms. The Morgan fingerprint density at radius 1 is 1.07 bits per heavy atom. The second kappa shape index (κ2) is 7.64. The summed E-state index contributed by atoms with van der Waals surface area (Å²) in [7, 11) is 0. The zero-order chi connectivity index (χ0) is 19.7. The van der Waals surface area contributed by atoms with Crippen LogP contribution >= 0.6 is 11.8 Å². The Hall–Kier alpha value is -2.86. The smallest absolute Gasteiger partial charge is 0.237 e. The van der Waals surface area contributed by atoms with Gasteiger partial charge in [-0.1, -0.05) is 48.2 Å². The molecule has 0 aliphatic rings. The molecular formula is C22H22N4OS. The van der Waals surface area contributed by atoms with Crippen LogP contribution in [0.3, 0.4) is 0 Å². The number of anilines is 1. The van der Waals surface area contributed by atoms with Gasteiger partial charge >= 0.3 is 0 Å². The van der Waals surface area contributed by atoms with E-state index in [2.05, 4.69) is 29.3 Å². The van der Waals surface area contributed by atoms with Crippen LogP contribution in [0.2, 0.25) is 0 Å². The number of thioether (sulfide) groups is 1. The van der Waals surface area contributed by atoms with Gasteiger partial charge in [0.2, 0.25) is 5.91 Å². The fourth-order valence-electron chi connectivity index (χ4n) is 3.48. The summed E-state index contributed by atoms with van der Waals surface area (Å²) in [4.78, 5) is 14.8. The minimum atomic E-state index is 0.0550. The average Bonchev–Trinajstić information content (AvgIpc) is 3.10. The number of hydrogen-bond acceptors (Lipinski definition) is 4. The van der Waals surface area contributed by atoms with E-state index < -0.39 is 0 Å². The van der Waals surface area contributed by atoms with E-state index in [4.69, 9.17) is 0 Å². The van der Waals surface area contributed by atoms with E-state index >= 15 is 0 Å². The van der Waals surface area contributed by atoms with Crippen molar-refractivity contribution in [3.63, 3.8) is 0 Å². The lowest BCUT2D eigenvalue weighted by molar-refractivity contribution is -0.116. The van der Waals surface area contributed by atoms with Crippen LogP contribution in [0.5, 0.6) is 0 Å². The van der Waals surface area contributed by atoms with Crippen molar-refractivity contribution in [3.05, 3.63) is 66.2 Å². The van der Waals surface area contributed by atoms with Gasteiger partial charge in [-0.25, -0.2) is 0 Å². The number of aryl methyl sites for hydroxylation is 1. The quantitative estimate of drug-likeness (QED) is 0.463. The summed E-state index contributed by atoms with van der Waals surface area (Å²) >= 11 is 1.42. The van der Waals surface area contributed by atoms with Gasteiger partial charge in [0.1, 0.15) is 0 Å². The number of pyridine rings is 1. The van der Waals surface area contributed by atoms with Gasteiger partial charge in [0.05, 0.1) is 11.3 Å². The van der Waals surface area contributed by atoms with E-state index in [9.17, 15) is 4.79 Å². The van der Waals surface area contributed by atoms with Crippen molar-refractivity contribution in [3.8, 4) is 0 Å². The molecule has 0 bridgehead atoms. The molecule has 0 radical (unpaired) electrons. The molecule has 0 fully saturated rings. The maximum absolute atomic E-state index is 13.0. The first-order valence-electron chi connectivity index (χ1n) is 9.29. The third-order valence-corrected chi connectivity index (χ3v) is 5.63. The molecule has 5 nitrogen and oxygen atoms in total. The van der Waals surface area contributed by atoms with Crippen molar-refractivity contribution in [2.75, 3.05) is 10.7 Å². The van der Waals surface area contributed by atoms with Gasteiger partial charge in [-0.15, -0.1) is 10.2 Å². The van der Waals surface area contributed by atoms with Gasteiger partial charge in [-0.05, 0) is 50.6 Å². The lowest BCUT2D eigenvalue weighted by Gasteiger charge is -2.26. The summed E-state index contributed by atoms with van der Waals surface area (Å²) in [6.07, 6.45) is 0. The Morgan fingerprint density at radius 2 is 1.79 bits per heavy atom. The molecule has 4 rings (SSSR count). The van der Waals surface area contributed by atoms with Gasteiger partial charge in [0.15, 0.2) is 10.8 Å². The first kappa shape index (κ1) is 18.5. The molecule has 2 heterocycles. The largest absolute Gasteiger partial charge is 0.309 e. The average molecular weight is 391 g/mol. The Balaban J connectivity index is 1.64. The summed E-state index contributed by atoms with van der Waals surface area (Å²) in [5.41, 5.74) is 3.93. The van der Waals surface area contributed by atoms with Crippen molar-refractivity contribution < 1.29 is 4.79 Å². The standard InChI is InChI=1S/C22H22N4OS/c1-15(2)25(17-9-5-4-6-10-17)21(27)14-28-22-24-23-20-13-16(3)18-11-7-8-12-19(18)26(20)22/h4-13,15H,14H2,1-3H3. The van der Waals surface area contributed by atoms with Gasteiger partial charge in [-0.3, -0.25) is 9.20 Å². The highest BCUT2D eigenvalue weighted by Crippen LogP contribution is 2.26. The highest BCUT2D eigenvalue weighted by Gasteiger charge is 2.20. The molecule has 0 N–H and O–H groups in total. The SMILES string of the molecule is Cc1cc2nnc(SCC(=O)N(c3ccccc3)C(C)C)n2c2ccccc12. The lowest BCUT2D eigenvalue weighted by atomic mass is 10.1. The summed E-state index contributed by atoms with van der Waals surface area (Å²) in [5.74, 6) is 0.357. The topological polar surface area (TPSA) is 50.5 Å². The molecule has 142 valence electrons. The van der Waals surface area contributed by atoms with E-state index in [1.807, 2.05) is 71.7 Å². The molecule has 0 aliphatic carbocycles. The minimum Gasteiger partial charge on any atom is -0.309 e. The Bertz CT molecular complexity index is 1140. The molecule has 2 aromatic heterocycles. The van der Waals surface area contributed by atoms with Crippen molar-refractivity contribution in [2.24, 2.45) is 0 Å². The number of rotatable bonds is 5. The van der Waals surface area contributed by atoms with E-state index in [1.165, 1.54) is 11.8 Å². The first-order valence-corrected chi connectivity index (χ1v) is 10.3. The van der Waals surface area contributed by atoms with Gasteiger partial charge in [-0.2, -0.15) is 0 Å². The van der Waals surface area contributed by atoms with Gasteiger partial charge < -0.3 is 4.90 Å². The van der Waals surface area contributed by atoms with Crippen LogP contribution in [-0.2, 0) is 4.79 Å². The summed E-state index contributed by atoms with van der Waals surface area (Å²) < 4.78 is 2.03. The Labute approximate surface area is 168 Å². The second-order valence-corrected chi connectivity index (χ2v) is 7.94. The van der Waals surface area contributed by atoms with E-state index in [-0.39, 0.29) is 11.9 Å². The molecule has 0 unspecified atom stereocenters. The molecule has 0 atom stereocenters. The molecule has 0 saturated heterocycles. The van der Waals surface area contributed by atoms with Crippen LogP contribution in [0.15, 0.2) is 65.8 Å². The molecule has 4 aromatic rings. The normalized spacial score (nSPS) is 11.4. The predicted molar refractivity (Wildman–Crippen MR) is 115 cm³/mol. The molecule has 0 saturated carbocycles. The third-order valence-electron chi connectivity index (χ3n) is 4.72. The number of para-hydroxylation sites is 2. The predicted octanol–water partition coefficient (Wildman–Crippen LogP) is 4.72. The molecule has 6 heteroatoms. The van der Waals surface area contributed by atoms with Crippen molar-refractivity contribution in [1.29, 1.82) is 0 Å². The second-order valence-electron chi connectivity index (χ2n) is 7.00. The Morgan fingerprint density at radius 3 is 2.54 bits per heavy atom. The van der Waals surface area contributed by atoms with Gasteiger partial charge in [0, 0.05) is 17.1 Å². The number of benzene rings is 2. The molecule has 1 amide bonds. The van der Waals surface area contributed by atoms with Crippen LogP contribution in [0.25, 0.3) is 16.6 Å². The summed E-state index contributed by atoms with van der Waals surface area (Å²) in [6.45, 7) is 6.13.